The standard InChI is InChI=1S/C20H18ClN5/c21-16-6-7-20(24-17(16)12-22)25-11-9-19-18(13-25)23-14-26(19)10-8-15-4-2-1-3-5-15/h1-7,14H,8-11,13H2. The number of benzene rings is 1. The highest BCUT2D eigenvalue weighted by molar-refractivity contribution is 6.31. The van der Waals surface area contributed by atoms with Gasteiger partial charge in [0.05, 0.1) is 23.6 Å². The lowest BCUT2D eigenvalue weighted by Crippen LogP contribution is -2.32. The van der Waals surface area contributed by atoms with Crippen LogP contribution in [0.25, 0.3) is 0 Å². The molecule has 0 saturated carbocycles. The van der Waals surface area contributed by atoms with Gasteiger partial charge in [-0.1, -0.05) is 41.9 Å². The molecule has 4 rings (SSSR count). The van der Waals surface area contributed by atoms with Crippen LogP contribution in [-0.4, -0.2) is 21.1 Å². The van der Waals surface area contributed by atoms with Crippen LogP contribution in [-0.2, 0) is 25.9 Å². The SMILES string of the molecule is N#Cc1nc(N2CCc3c(ncn3CCc3ccccc3)C2)ccc1Cl. The summed E-state index contributed by atoms with van der Waals surface area (Å²) in [5.74, 6) is 0.774. The van der Waals surface area contributed by atoms with Gasteiger partial charge in [0.1, 0.15) is 11.9 Å². The third-order valence-corrected chi connectivity index (χ3v) is 5.04. The number of hydrogen-bond acceptors (Lipinski definition) is 4. The molecule has 0 fully saturated rings. The van der Waals surface area contributed by atoms with Crippen molar-refractivity contribution in [3.05, 3.63) is 76.5 Å². The molecular weight excluding hydrogens is 346 g/mol. The van der Waals surface area contributed by atoms with E-state index in [2.05, 4.69) is 43.7 Å². The lowest BCUT2D eigenvalue weighted by molar-refractivity contribution is 0.622. The Morgan fingerprint density at radius 1 is 1.15 bits per heavy atom. The summed E-state index contributed by atoms with van der Waals surface area (Å²) in [4.78, 5) is 11.1. The van der Waals surface area contributed by atoms with E-state index in [9.17, 15) is 0 Å². The molecule has 0 radical (unpaired) electrons. The summed E-state index contributed by atoms with van der Waals surface area (Å²) in [7, 11) is 0. The third-order valence-electron chi connectivity index (χ3n) is 4.74. The highest BCUT2D eigenvalue weighted by atomic mass is 35.5. The average Bonchev–Trinajstić information content (AvgIpc) is 3.10. The van der Waals surface area contributed by atoms with Crippen molar-refractivity contribution >= 4 is 17.4 Å². The van der Waals surface area contributed by atoms with E-state index in [0.717, 1.165) is 37.4 Å². The summed E-state index contributed by atoms with van der Waals surface area (Å²) in [6.07, 6.45) is 3.85. The minimum absolute atomic E-state index is 0.267. The van der Waals surface area contributed by atoms with E-state index in [0.29, 0.717) is 11.6 Å². The van der Waals surface area contributed by atoms with Gasteiger partial charge in [-0.3, -0.25) is 0 Å². The second kappa shape index (κ2) is 7.19. The molecule has 0 amide bonds. The molecule has 0 aliphatic carbocycles. The molecule has 6 heteroatoms. The molecule has 1 aromatic carbocycles. The van der Waals surface area contributed by atoms with Gasteiger partial charge >= 0.3 is 0 Å². The van der Waals surface area contributed by atoms with Gasteiger partial charge < -0.3 is 9.47 Å². The molecule has 3 aromatic rings. The molecule has 130 valence electrons. The largest absolute Gasteiger partial charge is 0.350 e. The summed E-state index contributed by atoms with van der Waals surface area (Å²) in [5.41, 5.74) is 3.98. The second-order valence-electron chi connectivity index (χ2n) is 6.35. The van der Waals surface area contributed by atoms with Crippen molar-refractivity contribution in [1.82, 2.24) is 14.5 Å². The number of pyridine rings is 1. The Morgan fingerprint density at radius 3 is 2.81 bits per heavy atom. The predicted octanol–water partition coefficient (Wildman–Crippen LogP) is 3.61. The maximum Gasteiger partial charge on any atom is 0.161 e. The zero-order valence-electron chi connectivity index (χ0n) is 14.3. The van der Waals surface area contributed by atoms with Crippen molar-refractivity contribution < 1.29 is 0 Å². The Balaban J connectivity index is 1.49. The van der Waals surface area contributed by atoms with Crippen molar-refractivity contribution in [3.8, 4) is 6.07 Å². The number of nitriles is 1. The first-order valence-electron chi connectivity index (χ1n) is 8.63. The van der Waals surface area contributed by atoms with Crippen LogP contribution >= 0.6 is 11.6 Å². The van der Waals surface area contributed by atoms with Crippen LogP contribution in [0.1, 0.15) is 22.6 Å². The van der Waals surface area contributed by atoms with Crippen molar-refractivity contribution in [3.63, 3.8) is 0 Å². The molecule has 26 heavy (non-hydrogen) atoms. The van der Waals surface area contributed by atoms with Crippen molar-refractivity contribution in [1.29, 1.82) is 5.26 Å². The van der Waals surface area contributed by atoms with Crippen LogP contribution in [0.2, 0.25) is 5.02 Å². The van der Waals surface area contributed by atoms with Gasteiger partial charge in [0.25, 0.3) is 0 Å². The van der Waals surface area contributed by atoms with Crippen molar-refractivity contribution in [2.45, 2.75) is 25.9 Å². The normalized spacial score (nSPS) is 13.3. The molecule has 1 aliphatic rings. The Hall–Kier alpha value is -2.84. The molecule has 0 unspecified atom stereocenters. The van der Waals surface area contributed by atoms with Crippen molar-refractivity contribution in [2.24, 2.45) is 0 Å². The van der Waals surface area contributed by atoms with Crippen molar-refractivity contribution in [2.75, 3.05) is 11.4 Å². The number of fused-ring (bicyclic) bond motifs is 1. The molecule has 0 saturated heterocycles. The number of hydrogen-bond donors (Lipinski definition) is 0. The van der Waals surface area contributed by atoms with Gasteiger partial charge in [-0.2, -0.15) is 5.26 Å². The lowest BCUT2D eigenvalue weighted by Gasteiger charge is -2.28. The molecular formula is C20H18ClN5. The number of aryl methyl sites for hydroxylation is 2. The van der Waals surface area contributed by atoms with E-state index >= 15 is 0 Å². The lowest BCUT2D eigenvalue weighted by atomic mass is 10.1. The first-order chi connectivity index (χ1) is 12.7. The van der Waals surface area contributed by atoms with Crippen LogP contribution in [0.5, 0.6) is 0 Å². The first kappa shape index (κ1) is 16.6. The van der Waals surface area contributed by atoms with E-state index in [4.69, 9.17) is 16.9 Å². The van der Waals surface area contributed by atoms with Gasteiger partial charge in [0, 0.05) is 25.2 Å². The van der Waals surface area contributed by atoms with Gasteiger partial charge in [-0.25, -0.2) is 9.97 Å². The Labute approximate surface area is 157 Å². The fraction of sp³-hybridized carbons (Fsp3) is 0.250. The third kappa shape index (κ3) is 3.29. The highest BCUT2D eigenvalue weighted by Gasteiger charge is 2.22. The van der Waals surface area contributed by atoms with E-state index in [1.807, 2.05) is 24.5 Å². The molecule has 0 spiro atoms. The van der Waals surface area contributed by atoms with Gasteiger partial charge in [-0.05, 0) is 24.1 Å². The summed E-state index contributed by atoms with van der Waals surface area (Å²) in [6.45, 7) is 2.49. The fourth-order valence-electron chi connectivity index (χ4n) is 3.34. The Kier molecular flexibility index (Phi) is 4.59. The van der Waals surface area contributed by atoms with Gasteiger partial charge in [0.2, 0.25) is 0 Å². The Morgan fingerprint density at radius 2 is 2.00 bits per heavy atom. The molecule has 0 atom stereocenters. The van der Waals surface area contributed by atoms with Crippen LogP contribution in [0.4, 0.5) is 5.82 Å². The van der Waals surface area contributed by atoms with E-state index in [-0.39, 0.29) is 5.69 Å². The molecule has 0 bridgehead atoms. The number of anilines is 1. The zero-order valence-corrected chi connectivity index (χ0v) is 15.0. The fourth-order valence-corrected chi connectivity index (χ4v) is 3.49. The molecule has 5 nitrogen and oxygen atoms in total. The monoisotopic (exact) mass is 363 g/mol. The van der Waals surface area contributed by atoms with E-state index in [1.165, 1.54) is 11.3 Å². The van der Waals surface area contributed by atoms with Crippen LogP contribution in [0.3, 0.4) is 0 Å². The first-order valence-corrected chi connectivity index (χ1v) is 9.01. The van der Waals surface area contributed by atoms with Gasteiger partial charge in [0.15, 0.2) is 5.69 Å². The van der Waals surface area contributed by atoms with Crippen LogP contribution in [0.15, 0.2) is 48.8 Å². The Bertz CT molecular complexity index is 958. The quantitative estimate of drug-likeness (QED) is 0.710. The van der Waals surface area contributed by atoms with Gasteiger partial charge in [-0.15, -0.1) is 0 Å². The molecule has 3 heterocycles. The van der Waals surface area contributed by atoms with E-state index < -0.39 is 0 Å². The molecule has 2 aromatic heterocycles. The minimum atomic E-state index is 0.267. The van der Waals surface area contributed by atoms with Crippen LogP contribution < -0.4 is 4.90 Å². The second-order valence-corrected chi connectivity index (χ2v) is 6.76. The summed E-state index contributed by atoms with van der Waals surface area (Å²) in [6, 6.07) is 16.1. The number of aromatic nitrogens is 3. The van der Waals surface area contributed by atoms with Crippen LogP contribution in [0, 0.1) is 11.3 Å². The number of rotatable bonds is 4. The summed E-state index contributed by atoms with van der Waals surface area (Å²) < 4.78 is 2.26. The number of halogens is 1. The number of nitrogens with zero attached hydrogens (tertiary/aromatic N) is 5. The smallest absolute Gasteiger partial charge is 0.161 e. The average molecular weight is 364 g/mol. The zero-order chi connectivity index (χ0) is 17.9. The number of imidazole rings is 1. The topological polar surface area (TPSA) is 57.7 Å². The molecule has 0 N–H and O–H groups in total. The summed E-state index contributed by atoms with van der Waals surface area (Å²) >= 11 is 5.99. The highest BCUT2D eigenvalue weighted by Crippen LogP contribution is 2.25. The molecule has 1 aliphatic heterocycles. The summed E-state index contributed by atoms with van der Waals surface area (Å²) in [5, 5.41) is 9.51. The maximum atomic E-state index is 9.12. The van der Waals surface area contributed by atoms with E-state index in [1.54, 1.807) is 6.07 Å². The maximum absolute atomic E-state index is 9.12. The minimum Gasteiger partial charge on any atom is -0.350 e. The predicted molar refractivity (Wildman–Crippen MR) is 101 cm³/mol.